The monoisotopic (exact) mass is 380 g/mol. The van der Waals surface area contributed by atoms with Crippen molar-refractivity contribution in [2.75, 3.05) is 13.1 Å². The van der Waals surface area contributed by atoms with Crippen molar-refractivity contribution in [2.24, 2.45) is 5.92 Å². The van der Waals surface area contributed by atoms with Gasteiger partial charge in [0.25, 0.3) is 5.91 Å². The third-order valence-electron chi connectivity index (χ3n) is 6.35. The van der Waals surface area contributed by atoms with Crippen molar-refractivity contribution in [3.8, 4) is 0 Å². The fraction of sp³-hybridized carbons (Fsp3) is 0.737. The number of furan rings is 1. The SMILES string of the molecule is Cc1oc(C(=O)N2C(C)CC3CCCCC32)cc1S(=O)(=O)N1CCCC1. The molecule has 1 saturated carbocycles. The van der Waals surface area contributed by atoms with Crippen LogP contribution in [-0.4, -0.2) is 48.7 Å². The van der Waals surface area contributed by atoms with Crippen LogP contribution in [0.3, 0.4) is 0 Å². The lowest BCUT2D eigenvalue weighted by molar-refractivity contribution is 0.0599. The number of nitrogens with zero attached hydrogens (tertiary/aromatic N) is 2. The Morgan fingerprint density at radius 2 is 1.85 bits per heavy atom. The molecule has 26 heavy (non-hydrogen) atoms. The van der Waals surface area contributed by atoms with Crippen LogP contribution < -0.4 is 0 Å². The van der Waals surface area contributed by atoms with E-state index in [1.54, 1.807) is 6.92 Å². The second-order valence-electron chi connectivity index (χ2n) is 8.05. The van der Waals surface area contributed by atoms with E-state index in [2.05, 4.69) is 6.92 Å². The van der Waals surface area contributed by atoms with Crippen LogP contribution in [0, 0.1) is 12.8 Å². The van der Waals surface area contributed by atoms with Crippen molar-refractivity contribution in [1.82, 2.24) is 9.21 Å². The van der Waals surface area contributed by atoms with Gasteiger partial charge in [-0.2, -0.15) is 4.31 Å². The first-order valence-corrected chi connectivity index (χ1v) is 11.3. The molecule has 0 radical (unpaired) electrons. The van der Waals surface area contributed by atoms with Gasteiger partial charge >= 0.3 is 0 Å². The molecule has 0 aromatic carbocycles. The quantitative estimate of drug-likeness (QED) is 0.807. The fourth-order valence-electron chi connectivity index (χ4n) is 5.08. The molecular weight excluding hydrogens is 352 g/mol. The minimum absolute atomic E-state index is 0.148. The number of fused-ring (bicyclic) bond motifs is 1. The number of rotatable bonds is 3. The van der Waals surface area contributed by atoms with Crippen LogP contribution in [0.2, 0.25) is 0 Å². The van der Waals surface area contributed by atoms with Crippen LogP contribution in [0.4, 0.5) is 0 Å². The Kier molecular flexibility index (Phi) is 4.63. The lowest BCUT2D eigenvalue weighted by Gasteiger charge is -2.32. The molecule has 2 aliphatic heterocycles. The highest BCUT2D eigenvalue weighted by Crippen LogP contribution is 2.40. The standard InChI is InChI=1S/C19H28N2O4S/c1-13-11-15-7-3-4-8-16(15)21(13)19(22)17-12-18(14(2)25-17)26(23,24)20-9-5-6-10-20/h12-13,15-16H,3-11H2,1-2H3. The largest absolute Gasteiger partial charge is 0.455 e. The summed E-state index contributed by atoms with van der Waals surface area (Å²) in [6.07, 6.45) is 7.43. The van der Waals surface area contributed by atoms with E-state index in [9.17, 15) is 13.2 Å². The summed E-state index contributed by atoms with van der Waals surface area (Å²) in [6.45, 7) is 4.82. The highest BCUT2D eigenvalue weighted by Gasteiger charge is 2.44. The van der Waals surface area contributed by atoms with Crippen LogP contribution in [0.5, 0.6) is 0 Å². The minimum atomic E-state index is -3.57. The highest BCUT2D eigenvalue weighted by atomic mass is 32.2. The Bertz CT molecular complexity index is 794. The van der Waals surface area contributed by atoms with E-state index >= 15 is 0 Å². The first-order valence-electron chi connectivity index (χ1n) is 9.83. The molecule has 1 aromatic rings. The number of hydrogen-bond acceptors (Lipinski definition) is 4. The van der Waals surface area contributed by atoms with Gasteiger partial charge in [0.05, 0.1) is 0 Å². The minimum Gasteiger partial charge on any atom is -0.455 e. The van der Waals surface area contributed by atoms with Gasteiger partial charge in [-0.1, -0.05) is 12.8 Å². The molecule has 0 spiro atoms. The zero-order valence-electron chi connectivity index (χ0n) is 15.6. The average Bonchev–Trinajstić information content (AvgIpc) is 3.32. The van der Waals surface area contributed by atoms with Crippen LogP contribution in [0.1, 0.15) is 68.2 Å². The number of hydrogen-bond donors (Lipinski definition) is 0. The zero-order chi connectivity index (χ0) is 18.5. The molecule has 3 fully saturated rings. The summed E-state index contributed by atoms with van der Waals surface area (Å²) in [7, 11) is -3.57. The van der Waals surface area contributed by atoms with Crippen molar-refractivity contribution in [3.05, 3.63) is 17.6 Å². The molecule has 3 atom stereocenters. The van der Waals surface area contributed by atoms with Crippen molar-refractivity contribution in [2.45, 2.75) is 75.8 Å². The molecule has 2 saturated heterocycles. The summed E-state index contributed by atoms with van der Waals surface area (Å²) >= 11 is 0. The number of amides is 1. The van der Waals surface area contributed by atoms with Gasteiger partial charge in [-0.15, -0.1) is 0 Å². The van der Waals surface area contributed by atoms with E-state index in [0.29, 0.717) is 24.8 Å². The Balaban J connectivity index is 1.61. The second-order valence-corrected chi connectivity index (χ2v) is 9.96. The molecule has 3 aliphatic rings. The topological polar surface area (TPSA) is 70.8 Å². The first kappa shape index (κ1) is 18.0. The van der Waals surface area contributed by atoms with Crippen LogP contribution in [-0.2, 0) is 10.0 Å². The van der Waals surface area contributed by atoms with Crippen molar-refractivity contribution >= 4 is 15.9 Å². The summed E-state index contributed by atoms with van der Waals surface area (Å²) < 4.78 is 32.9. The Morgan fingerprint density at radius 3 is 2.58 bits per heavy atom. The molecule has 4 rings (SSSR count). The van der Waals surface area contributed by atoms with E-state index in [0.717, 1.165) is 32.1 Å². The van der Waals surface area contributed by atoms with Crippen molar-refractivity contribution < 1.29 is 17.6 Å². The van der Waals surface area contributed by atoms with Gasteiger partial charge in [-0.3, -0.25) is 4.79 Å². The molecule has 6 nitrogen and oxygen atoms in total. The number of carbonyl (C=O) groups excluding carboxylic acids is 1. The molecule has 144 valence electrons. The van der Waals surface area contributed by atoms with Gasteiger partial charge < -0.3 is 9.32 Å². The zero-order valence-corrected chi connectivity index (χ0v) is 16.4. The Morgan fingerprint density at radius 1 is 1.15 bits per heavy atom. The van der Waals surface area contributed by atoms with Gasteiger partial charge in [0, 0.05) is 31.2 Å². The van der Waals surface area contributed by atoms with Gasteiger partial charge in [0.1, 0.15) is 10.7 Å². The summed E-state index contributed by atoms with van der Waals surface area (Å²) in [6, 6.07) is 1.91. The maximum absolute atomic E-state index is 13.1. The van der Waals surface area contributed by atoms with Gasteiger partial charge in [-0.25, -0.2) is 8.42 Å². The fourth-order valence-corrected chi connectivity index (χ4v) is 6.76. The smallest absolute Gasteiger partial charge is 0.290 e. The normalized spacial score (nSPS) is 29.9. The highest BCUT2D eigenvalue weighted by molar-refractivity contribution is 7.89. The number of carbonyl (C=O) groups is 1. The average molecular weight is 381 g/mol. The summed E-state index contributed by atoms with van der Waals surface area (Å²) in [5.74, 6) is 0.898. The molecule has 1 amide bonds. The summed E-state index contributed by atoms with van der Waals surface area (Å²) in [5, 5.41) is 0. The van der Waals surface area contributed by atoms with Gasteiger partial charge in [0.15, 0.2) is 5.76 Å². The predicted molar refractivity (Wildman–Crippen MR) is 97.4 cm³/mol. The molecule has 7 heteroatoms. The van der Waals surface area contributed by atoms with E-state index in [1.165, 1.54) is 23.2 Å². The second kappa shape index (κ2) is 6.68. The maximum atomic E-state index is 13.1. The molecule has 0 N–H and O–H groups in total. The molecule has 3 heterocycles. The number of aryl methyl sites for hydroxylation is 1. The maximum Gasteiger partial charge on any atom is 0.290 e. The molecule has 0 bridgehead atoms. The molecule has 3 unspecified atom stereocenters. The molecule has 1 aliphatic carbocycles. The van der Waals surface area contributed by atoms with Crippen LogP contribution >= 0.6 is 0 Å². The van der Waals surface area contributed by atoms with Gasteiger partial charge in [-0.05, 0) is 51.9 Å². The van der Waals surface area contributed by atoms with E-state index in [1.807, 2.05) is 4.90 Å². The molecule has 1 aromatic heterocycles. The van der Waals surface area contributed by atoms with Gasteiger partial charge in [0.2, 0.25) is 10.0 Å². The number of likely N-dealkylation sites (tertiary alicyclic amines) is 1. The predicted octanol–water partition coefficient (Wildman–Crippen LogP) is 3.17. The Labute approximate surface area is 155 Å². The third-order valence-corrected chi connectivity index (χ3v) is 8.35. The van der Waals surface area contributed by atoms with E-state index < -0.39 is 10.0 Å². The molecular formula is C19H28N2O4S. The summed E-state index contributed by atoms with van der Waals surface area (Å²) in [5.41, 5.74) is 0. The Hall–Kier alpha value is -1.34. The van der Waals surface area contributed by atoms with Crippen molar-refractivity contribution in [3.63, 3.8) is 0 Å². The summed E-state index contributed by atoms with van der Waals surface area (Å²) in [4.78, 5) is 15.3. The van der Waals surface area contributed by atoms with E-state index in [4.69, 9.17) is 4.42 Å². The van der Waals surface area contributed by atoms with Crippen LogP contribution in [0.25, 0.3) is 0 Å². The van der Waals surface area contributed by atoms with Crippen LogP contribution in [0.15, 0.2) is 15.4 Å². The van der Waals surface area contributed by atoms with Crippen molar-refractivity contribution in [1.29, 1.82) is 0 Å². The number of sulfonamides is 1. The lowest BCUT2D eigenvalue weighted by atomic mass is 9.85. The lowest BCUT2D eigenvalue weighted by Crippen LogP contribution is -2.42. The van der Waals surface area contributed by atoms with E-state index in [-0.39, 0.29) is 28.6 Å². The first-order chi connectivity index (χ1) is 12.4. The third kappa shape index (κ3) is 2.89.